The largest absolute Gasteiger partial charge is 0.354 e. The number of nitrogens with one attached hydrogen (secondary N) is 2. The average molecular weight is 352 g/mol. The fourth-order valence-corrected chi connectivity index (χ4v) is 3.73. The Bertz CT molecular complexity index is 606. The molecule has 2 rings (SSSR count). The molecule has 7 heteroatoms. The zero-order valence-electron chi connectivity index (χ0n) is 14.4. The molecule has 0 aromatic heterocycles. The topological polar surface area (TPSA) is 56.7 Å². The first-order valence-electron chi connectivity index (χ1n) is 8.05. The molecule has 0 unspecified atom stereocenters. The molecule has 2 N–H and O–H groups in total. The van der Waals surface area contributed by atoms with E-state index in [1.807, 2.05) is 11.8 Å². The fourth-order valence-electron chi connectivity index (χ4n) is 2.62. The fraction of sp³-hybridized carbons (Fsp3) is 0.529. The Balaban J connectivity index is 1.78. The standard InChI is InChI=1S/C17H25FN4OS/c1-17(2)12-22(10-11-24-17)16(19-3)21-9-8-20-15(23)13-6-4-5-7-14(13)18/h4-7H,8-12H2,1-3H3,(H,19,21)(H,20,23). The summed E-state index contributed by atoms with van der Waals surface area (Å²) in [4.78, 5) is 18.5. The molecule has 0 saturated carbocycles. The summed E-state index contributed by atoms with van der Waals surface area (Å²) in [6.07, 6.45) is 0. The van der Waals surface area contributed by atoms with E-state index in [2.05, 4.69) is 34.4 Å². The lowest BCUT2D eigenvalue weighted by Gasteiger charge is -2.39. The number of rotatable bonds is 4. The van der Waals surface area contributed by atoms with Gasteiger partial charge in [-0.25, -0.2) is 4.39 Å². The van der Waals surface area contributed by atoms with Gasteiger partial charge in [-0.2, -0.15) is 11.8 Å². The molecule has 0 aliphatic carbocycles. The SMILES string of the molecule is CN=C(NCCNC(=O)c1ccccc1F)N1CCSC(C)(C)C1. The van der Waals surface area contributed by atoms with Crippen LogP contribution in [0.1, 0.15) is 24.2 Å². The summed E-state index contributed by atoms with van der Waals surface area (Å²) in [5.74, 6) is 0.994. The Morgan fingerprint density at radius 2 is 2.04 bits per heavy atom. The molecule has 0 bridgehead atoms. The second-order valence-electron chi connectivity index (χ2n) is 6.24. The summed E-state index contributed by atoms with van der Waals surface area (Å²) in [5, 5.41) is 5.98. The number of nitrogens with zero attached hydrogens (tertiary/aromatic N) is 2. The molecule has 0 spiro atoms. The maximum atomic E-state index is 13.5. The lowest BCUT2D eigenvalue weighted by molar-refractivity contribution is 0.0950. The van der Waals surface area contributed by atoms with Crippen LogP contribution in [0.3, 0.4) is 0 Å². The van der Waals surface area contributed by atoms with Crippen molar-refractivity contribution in [1.82, 2.24) is 15.5 Å². The Hall–Kier alpha value is -1.76. The predicted octanol–water partition coefficient (Wildman–Crippen LogP) is 1.96. The second-order valence-corrected chi connectivity index (χ2v) is 8.04. The summed E-state index contributed by atoms with van der Waals surface area (Å²) in [5.41, 5.74) is 0.0664. The highest BCUT2D eigenvalue weighted by Crippen LogP contribution is 2.29. The zero-order chi connectivity index (χ0) is 17.6. The van der Waals surface area contributed by atoms with E-state index in [1.54, 1.807) is 19.2 Å². The molecule has 1 aromatic rings. The Morgan fingerprint density at radius 1 is 1.33 bits per heavy atom. The van der Waals surface area contributed by atoms with Crippen LogP contribution in [-0.4, -0.2) is 60.5 Å². The van der Waals surface area contributed by atoms with Crippen LogP contribution in [0.2, 0.25) is 0 Å². The Labute approximate surface area is 147 Å². The molecule has 5 nitrogen and oxygen atoms in total. The van der Waals surface area contributed by atoms with Crippen molar-refractivity contribution >= 4 is 23.6 Å². The highest BCUT2D eigenvalue weighted by Gasteiger charge is 2.28. The van der Waals surface area contributed by atoms with Crippen LogP contribution >= 0.6 is 11.8 Å². The van der Waals surface area contributed by atoms with E-state index in [0.717, 1.165) is 24.8 Å². The van der Waals surface area contributed by atoms with Gasteiger partial charge in [-0.3, -0.25) is 9.79 Å². The van der Waals surface area contributed by atoms with Crippen LogP contribution in [0.4, 0.5) is 4.39 Å². The van der Waals surface area contributed by atoms with Crippen molar-refractivity contribution in [3.63, 3.8) is 0 Å². The van der Waals surface area contributed by atoms with Gasteiger partial charge < -0.3 is 15.5 Å². The van der Waals surface area contributed by atoms with Gasteiger partial charge in [0.05, 0.1) is 5.56 Å². The van der Waals surface area contributed by atoms with Crippen LogP contribution in [0.15, 0.2) is 29.3 Å². The molecule has 0 radical (unpaired) electrons. The second kappa shape index (κ2) is 8.37. The summed E-state index contributed by atoms with van der Waals surface area (Å²) in [6, 6.07) is 5.97. The van der Waals surface area contributed by atoms with Crippen molar-refractivity contribution in [2.45, 2.75) is 18.6 Å². The lowest BCUT2D eigenvalue weighted by Crippen LogP contribution is -2.51. The number of benzene rings is 1. The zero-order valence-corrected chi connectivity index (χ0v) is 15.3. The third-order valence-corrected chi connectivity index (χ3v) is 5.05. The molecule has 24 heavy (non-hydrogen) atoms. The number of aliphatic imine (C=N–C) groups is 1. The molecular weight excluding hydrogens is 327 g/mol. The number of thioether (sulfide) groups is 1. The van der Waals surface area contributed by atoms with Crippen molar-refractivity contribution in [3.8, 4) is 0 Å². The van der Waals surface area contributed by atoms with E-state index in [4.69, 9.17) is 0 Å². The van der Waals surface area contributed by atoms with Crippen LogP contribution in [0.25, 0.3) is 0 Å². The molecule has 1 aromatic carbocycles. The molecular formula is C17H25FN4OS. The van der Waals surface area contributed by atoms with Gasteiger partial charge in [-0.15, -0.1) is 0 Å². The number of hydrogen-bond acceptors (Lipinski definition) is 3. The normalized spacial score (nSPS) is 17.5. The molecule has 1 aliphatic rings. The Morgan fingerprint density at radius 3 is 2.71 bits per heavy atom. The van der Waals surface area contributed by atoms with Gasteiger partial charge in [0.25, 0.3) is 5.91 Å². The van der Waals surface area contributed by atoms with Crippen molar-refractivity contribution < 1.29 is 9.18 Å². The van der Waals surface area contributed by atoms with E-state index in [-0.39, 0.29) is 10.3 Å². The quantitative estimate of drug-likeness (QED) is 0.494. The van der Waals surface area contributed by atoms with Gasteiger partial charge in [0.2, 0.25) is 0 Å². The minimum absolute atomic E-state index is 0.0664. The molecule has 1 fully saturated rings. The van der Waals surface area contributed by atoms with E-state index in [1.165, 1.54) is 12.1 Å². The van der Waals surface area contributed by atoms with Gasteiger partial charge in [0, 0.05) is 43.7 Å². The highest BCUT2D eigenvalue weighted by atomic mass is 32.2. The van der Waals surface area contributed by atoms with Crippen molar-refractivity contribution in [2.24, 2.45) is 4.99 Å². The number of guanidine groups is 1. The molecule has 0 atom stereocenters. The first-order valence-corrected chi connectivity index (χ1v) is 9.04. The summed E-state index contributed by atoms with van der Waals surface area (Å²) >= 11 is 1.97. The van der Waals surface area contributed by atoms with E-state index in [9.17, 15) is 9.18 Å². The molecule has 1 aliphatic heterocycles. The average Bonchev–Trinajstić information content (AvgIpc) is 2.54. The minimum Gasteiger partial charge on any atom is -0.354 e. The summed E-state index contributed by atoms with van der Waals surface area (Å²) in [7, 11) is 1.76. The van der Waals surface area contributed by atoms with E-state index >= 15 is 0 Å². The smallest absolute Gasteiger partial charge is 0.254 e. The predicted molar refractivity (Wildman–Crippen MR) is 98.2 cm³/mol. The molecule has 132 valence electrons. The van der Waals surface area contributed by atoms with Gasteiger partial charge in [0.15, 0.2) is 5.96 Å². The first kappa shape index (κ1) is 18.6. The molecule has 1 saturated heterocycles. The minimum atomic E-state index is -0.508. The molecule has 1 amide bonds. The maximum Gasteiger partial charge on any atom is 0.254 e. The third kappa shape index (κ3) is 5.12. The number of halogens is 1. The van der Waals surface area contributed by atoms with Crippen molar-refractivity contribution in [2.75, 3.05) is 39.0 Å². The summed E-state index contributed by atoms with van der Waals surface area (Å²) < 4.78 is 13.7. The van der Waals surface area contributed by atoms with Crippen LogP contribution in [-0.2, 0) is 0 Å². The highest BCUT2D eigenvalue weighted by molar-refractivity contribution is 8.00. The van der Waals surface area contributed by atoms with E-state index in [0.29, 0.717) is 13.1 Å². The Kier molecular flexibility index (Phi) is 6.48. The number of hydrogen-bond donors (Lipinski definition) is 2. The monoisotopic (exact) mass is 352 g/mol. The van der Waals surface area contributed by atoms with Gasteiger partial charge in [-0.1, -0.05) is 12.1 Å². The number of amides is 1. The van der Waals surface area contributed by atoms with Crippen LogP contribution < -0.4 is 10.6 Å². The third-order valence-electron chi connectivity index (χ3n) is 3.75. The lowest BCUT2D eigenvalue weighted by atomic mass is 10.2. The number of carbonyl (C=O) groups excluding carboxylic acids is 1. The number of carbonyl (C=O) groups is 1. The van der Waals surface area contributed by atoms with E-state index < -0.39 is 11.7 Å². The van der Waals surface area contributed by atoms with Gasteiger partial charge in [0.1, 0.15) is 5.82 Å². The van der Waals surface area contributed by atoms with Crippen LogP contribution in [0, 0.1) is 5.82 Å². The van der Waals surface area contributed by atoms with Crippen LogP contribution in [0.5, 0.6) is 0 Å². The van der Waals surface area contributed by atoms with Gasteiger partial charge in [-0.05, 0) is 26.0 Å². The summed E-state index contributed by atoms with van der Waals surface area (Å²) in [6.45, 7) is 7.28. The first-order chi connectivity index (χ1) is 11.4. The maximum absolute atomic E-state index is 13.5. The van der Waals surface area contributed by atoms with Crippen molar-refractivity contribution in [1.29, 1.82) is 0 Å². The van der Waals surface area contributed by atoms with Gasteiger partial charge >= 0.3 is 0 Å². The molecule has 1 heterocycles. The van der Waals surface area contributed by atoms with Crippen molar-refractivity contribution in [3.05, 3.63) is 35.6 Å².